The molecule has 1 aromatic rings. The molecule has 0 aliphatic carbocycles. The van der Waals surface area contributed by atoms with Crippen molar-refractivity contribution >= 4 is 9.84 Å². The average Bonchev–Trinajstić information content (AvgIpc) is 2.82. The molecule has 0 spiro atoms. The molecule has 3 atom stereocenters. The van der Waals surface area contributed by atoms with Gasteiger partial charge in [-0.15, -0.1) is 0 Å². The second kappa shape index (κ2) is 7.16. The number of alkyl halides is 2. The van der Waals surface area contributed by atoms with Gasteiger partial charge in [0.15, 0.2) is 11.4 Å². The third-order valence-electron chi connectivity index (χ3n) is 4.83. The maximum Gasteiger partial charge on any atom is 0.380 e. The van der Waals surface area contributed by atoms with Crippen LogP contribution in [0, 0.1) is 0 Å². The maximum atomic E-state index is 15.5. The third kappa shape index (κ3) is 3.63. The van der Waals surface area contributed by atoms with Crippen molar-refractivity contribution < 1.29 is 31.8 Å². The molecule has 1 aliphatic rings. The largest absolute Gasteiger partial charge is 0.380 e. The zero-order valence-corrected chi connectivity index (χ0v) is 17.8. The highest BCUT2D eigenvalue weighted by Crippen LogP contribution is 2.51. The summed E-state index contributed by atoms with van der Waals surface area (Å²) in [7, 11) is -5.20. The molecular weight excluding hydrogens is 390 g/mol. The fourth-order valence-electron chi connectivity index (χ4n) is 3.78. The first-order valence-electron chi connectivity index (χ1n) is 9.07. The number of rotatable bonds is 6. The Kier molecular flexibility index (Phi) is 5.87. The van der Waals surface area contributed by atoms with Crippen LogP contribution in [0.15, 0.2) is 46.9 Å². The minimum atomic E-state index is -5.20. The van der Waals surface area contributed by atoms with E-state index in [4.69, 9.17) is 9.47 Å². The lowest BCUT2D eigenvalue weighted by molar-refractivity contribution is -0.216. The van der Waals surface area contributed by atoms with E-state index in [9.17, 15) is 13.5 Å². The van der Waals surface area contributed by atoms with Crippen LogP contribution in [0.25, 0.3) is 0 Å². The summed E-state index contributed by atoms with van der Waals surface area (Å²) in [5.41, 5.74) is -3.74. The number of aliphatic hydroxyl groups is 1. The van der Waals surface area contributed by atoms with E-state index in [1.807, 2.05) is 0 Å². The molecule has 1 aliphatic heterocycles. The van der Waals surface area contributed by atoms with Crippen molar-refractivity contribution in [2.75, 3.05) is 0 Å². The van der Waals surface area contributed by atoms with Gasteiger partial charge in [0.05, 0.1) is 4.90 Å². The summed E-state index contributed by atoms with van der Waals surface area (Å²) in [6, 6.07) is 6.36. The van der Waals surface area contributed by atoms with Crippen LogP contribution in [0.2, 0.25) is 0 Å². The number of allylic oxidation sites excluding steroid dienone is 1. The van der Waals surface area contributed by atoms with Crippen molar-refractivity contribution in [1.82, 2.24) is 0 Å². The van der Waals surface area contributed by atoms with Crippen molar-refractivity contribution in [3.05, 3.63) is 42.0 Å². The molecule has 1 unspecified atom stereocenters. The van der Waals surface area contributed by atoms with Crippen LogP contribution in [0.4, 0.5) is 8.78 Å². The monoisotopic (exact) mass is 418 g/mol. The molecule has 0 saturated carbocycles. The summed E-state index contributed by atoms with van der Waals surface area (Å²) < 4.78 is 68.1. The molecule has 1 heterocycles. The van der Waals surface area contributed by atoms with Crippen LogP contribution in [0.5, 0.6) is 0 Å². The molecule has 2 rings (SSSR count). The van der Waals surface area contributed by atoms with Gasteiger partial charge in [0.25, 0.3) is 0 Å². The molecule has 28 heavy (non-hydrogen) atoms. The molecule has 8 heteroatoms. The normalized spacial score (nSPS) is 27.2. The van der Waals surface area contributed by atoms with E-state index in [0.29, 0.717) is 0 Å². The summed E-state index contributed by atoms with van der Waals surface area (Å²) in [6.07, 6.45) is -0.621. The topological polar surface area (TPSA) is 72.8 Å². The van der Waals surface area contributed by atoms with E-state index in [2.05, 4.69) is 0 Å². The van der Waals surface area contributed by atoms with Gasteiger partial charge < -0.3 is 14.6 Å². The van der Waals surface area contributed by atoms with E-state index in [1.165, 1.54) is 45.9 Å². The molecule has 5 nitrogen and oxygen atoms in total. The highest BCUT2D eigenvalue weighted by molar-refractivity contribution is 7.92. The first-order chi connectivity index (χ1) is 12.6. The zero-order chi connectivity index (χ0) is 21.6. The van der Waals surface area contributed by atoms with Crippen LogP contribution in [-0.2, 0) is 19.3 Å². The Morgan fingerprint density at radius 2 is 1.75 bits per heavy atom. The van der Waals surface area contributed by atoms with Gasteiger partial charge in [-0.1, -0.05) is 36.8 Å². The molecule has 158 valence electrons. The number of sulfone groups is 1. The molecule has 1 N–H and O–H groups in total. The lowest BCUT2D eigenvalue weighted by atomic mass is 9.82. The predicted octanol–water partition coefficient (Wildman–Crippen LogP) is 4.07. The maximum absolute atomic E-state index is 15.5. The summed E-state index contributed by atoms with van der Waals surface area (Å²) in [4.78, 5) is -0.575. The van der Waals surface area contributed by atoms with E-state index < -0.39 is 49.5 Å². The van der Waals surface area contributed by atoms with Crippen molar-refractivity contribution in [2.24, 2.45) is 0 Å². The molecule has 1 fully saturated rings. The average molecular weight is 419 g/mol. The van der Waals surface area contributed by atoms with Gasteiger partial charge in [-0.3, -0.25) is 0 Å². The van der Waals surface area contributed by atoms with Crippen LogP contribution in [-0.4, -0.2) is 41.9 Å². The number of halogens is 2. The van der Waals surface area contributed by atoms with Gasteiger partial charge in [-0.25, -0.2) is 8.42 Å². The van der Waals surface area contributed by atoms with E-state index in [1.54, 1.807) is 19.9 Å². The van der Waals surface area contributed by atoms with Gasteiger partial charge in [0, 0.05) is 0 Å². The fraction of sp³-hybridized carbons (Fsp3) is 0.600. The first kappa shape index (κ1) is 22.9. The number of ether oxygens (including phenoxy) is 2. The molecule has 0 bridgehead atoms. The molecule has 1 aromatic carbocycles. The van der Waals surface area contributed by atoms with Crippen LogP contribution in [0.1, 0.15) is 48.0 Å². The lowest BCUT2D eigenvalue weighted by Crippen LogP contribution is -2.64. The van der Waals surface area contributed by atoms with Crippen LogP contribution >= 0.6 is 0 Å². The summed E-state index contributed by atoms with van der Waals surface area (Å²) >= 11 is 0. The number of hydrogen-bond acceptors (Lipinski definition) is 5. The molecular formula is C20H28F2O5S. The van der Waals surface area contributed by atoms with Crippen molar-refractivity contribution in [3.63, 3.8) is 0 Å². The number of hydrogen-bond donors (Lipinski definition) is 1. The first-order valence-corrected chi connectivity index (χ1v) is 10.6. The highest BCUT2D eigenvalue weighted by Gasteiger charge is 2.71. The minimum Gasteiger partial charge on any atom is -0.380 e. The smallest absolute Gasteiger partial charge is 0.380 e. The highest BCUT2D eigenvalue weighted by atomic mass is 32.2. The van der Waals surface area contributed by atoms with Crippen molar-refractivity contribution in [2.45, 2.75) is 81.2 Å². The molecule has 0 radical (unpaired) electrons. The quantitative estimate of drug-likeness (QED) is 0.705. The van der Waals surface area contributed by atoms with Gasteiger partial charge >= 0.3 is 5.25 Å². The van der Waals surface area contributed by atoms with E-state index in [-0.39, 0.29) is 0 Å². The molecule has 1 saturated heterocycles. The van der Waals surface area contributed by atoms with Crippen LogP contribution in [0.3, 0.4) is 0 Å². The van der Waals surface area contributed by atoms with Gasteiger partial charge in [0.1, 0.15) is 11.7 Å². The predicted molar refractivity (Wildman–Crippen MR) is 102 cm³/mol. The molecule has 0 aromatic heterocycles. The minimum absolute atomic E-state index is 0.567. The Balaban J connectivity index is 2.66. The lowest BCUT2D eigenvalue weighted by Gasteiger charge is -2.42. The summed E-state index contributed by atoms with van der Waals surface area (Å²) in [5, 5.41) is 6.64. The Bertz CT molecular complexity index is 847. The Labute approximate surface area is 165 Å². The summed E-state index contributed by atoms with van der Waals surface area (Å²) in [6.45, 7) is 9.37. The van der Waals surface area contributed by atoms with Gasteiger partial charge in [-0.2, -0.15) is 8.78 Å². The van der Waals surface area contributed by atoms with Gasteiger partial charge in [0.2, 0.25) is 9.84 Å². The van der Waals surface area contributed by atoms with E-state index in [0.717, 1.165) is 17.7 Å². The fourth-order valence-corrected chi connectivity index (χ4v) is 5.31. The van der Waals surface area contributed by atoms with Gasteiger partial charge in [-0.05, 0) is 53.2 Å². The third-order valence-corrected chi connectivity index (χ3v) is 6.75. The van der Waals surface area contributed by atoms with Crippen LogP contribution < -0.4 is 0 Å². The Morgan fingerprint density at radius 1 is 1.21 bits per heavy atom. The second-order valence-electron chi connectivity index (χ2n) is 8.02. The molecule has 0 amide bonds. The van der Waals surface area contributed by atoms with Crippen molar-refractivity contribution in [1.29, 1.82) is 0 Å². The Morgan fingerprint density at radius 3 is 2.21 bits per heavy atom. The second-order valence-corrected chi connectivity index (χ2v) is 10.0. The summed E-state index contributed by atoms with van der Waals surface area (Å²) in [5.74, 6) is -1.29. The number of benzene rings is 1. The van der Waals surface area contributed by atoms with E-state index >= 15 is 8.78 Å². The Hall–Kier alpha value is -1.35. The SMILES string of the molecule is CCC(O)([C@H]1OC(C)(C)O[C@@]1(C)C=C(C)C)C(F)(F)S(=O)(=O)c1ccccc1. The standard InChI is InChI=1S/C20H28F2O5S/c1-7-19(23,16-18(6,13-14(2)3)27-17(4,5)26-16)20(21,22)28(24,25)15-11-9-8-10-12-15/h8-13,16,23H,7H2,1-6H3/t16-,18-,19?/m0/s1. The zero-order valence-electron chi connectivity index (χ0n) is 17.0. The van der Waals surface area contributed by atoms with Crippen molar-refractivity contribution in [3.8, 4) is 0 Å².